The zero-order chi connectivity index (χ0) is 12.2. The first-order valence-corrected chi connectivity index (χ1v) is 7.07. The zero-order valence-corrected chi connectivity index (χ0v) is 10.5. The van der Waals surface area contributed by atoms with Crippen LogP contribution in [0.2, 0.25) is 0 Å². The van der Waals surface area contributed by atoms with Gasteiger partial charge in [0.2, 0.25) is 0 Å². The first-order chi connectivity index (χ1) is 7.44. The number of aryl methyl sites for hydroxylation is 1. The summed E-state index contributed by atoms with van der Waals surface area (Å²) in [5, 5.41) is 0. The number of hydrogen-bond donors (Lipinski definition) is 1. The second-order valence-electron chi connectivity index (χ2n) is 4.16. The molecular formula is C11H18N2O2S. The first kappa shape index (κ1) is 13.1. The van der Waals surface area contributed by atoms with Crippen LogP contribution in [-0.2, 0) is 15.6 Å². The molecular weight excluding hydrogens is 224 g/mol. The molecule has 1 aromatic heterocycles. The van der Waals surface area contributed by atoms with Gasteiger partial charge in [-0.15, -0.1) is 0 Å². The lowest BCUT2D eigenvalue weighted by atomic mass is 10.2. The number of aromatic nitrogens is 1. The van der Waals surface area contributed by atoms with Crippen LogP contribution < -0.4 is 5.73 Å². The molecule has 0 bridgehead atoms. The lowest BCUT2D eigenvalue weighted by Crippen LogP contribution is -2.22. The van der Waals surface area contributed by atoms with Crippen LogP contribution >= 0.6 is 0 Å². The number of pyridine rings is 1. The van der Waals surface area contributed by atoms with E-state index in [4.69, 9.17) is 5.73 Å². The number of nitrogens with zero attached hydrogens (tertiary/aromatic N) is 1. The molecule has 4 nitrogen and oxygen atoms in total. The van der Waals surface area contributed by atoms with Gasteiger partial charge in [0.1, 0.15) is 0 Å². The summed E-state index contributed by atoms with van der Waals surface area (Å²) >= 11 is 0. The fraction of sp³-hybridized carbons (Fsp3) is 0.545. The molecule has 0 aliphatic heterocycles. The van der Waals surface area contributed by atoms with Gasteiger partial charge in [0, 0.05) is 6.20 Å². The van der Waals surface area contributed by atoms with Crippen molar-refractivity contribution in [3.8, 4) is 0 Å². The highest BCUT2D eigenvalue weighted by Gasteiger charge is 2.17. The molecule has 5 heteroatoms. The van der Waals surface area contributed by atoms with Crippen LogP contribution in [0.3, 0.4) is 0 Å². The van der Waals surface area contributed by atoms with Gasteiger partial charge in [0.15, 0.2) is 9.84 Å². The Balaban J connectivity index is 2.77. The Morgan fingerprint density at radius 3 is 2.75 bits per heavy atom. The standard InChI is InChI=1S/C11H18N2O2S/c1-9(6-12)7-16(14,15)8-11-10(2)4-3-5-13-11/h3-5,9H,6-8,12H2,1-2H3. The predicted octanol–water partition coefficient (Wildman–Crippen LogP) is 0.900. The van der Waals surface area contributed by atoms with Crippen molar-refractivity contribution in [2.75, 3.05) is 12.3 Å². The predicted molar refractivity (Wildman–Crippen MR) is 64.7 cm³/mol. The Bertz CT molecular complexity index is 443. The normalized spacial score (nSPS) is 13.7. The van der Waals surface area contributed by atoms with Crippen molar-refractivity contribution >= 4 is 9.84 Å². The summed E-state index contributed by atoms with van der Waals surface area (Å²) in [7, 11) is -3.11. The highest BCUT2D eigenvalue weighted by Crippen LogP contribution is 2.11. The average Bonchev–Trinajstić information content (AvgIpc) is 2.20. The van der Waals surface area contributed by atoms with Gasteiger partial charge in [0.05, 0.1) is 17.2 Å². The van der Waals surface area contributed by atoms with E-state index < -0.39 is 9.84 Å². The summed E-state index contributed by atoms with van der Waals surface area (Å²) in [6, 6.07) is 3.66. The van der Waals surface area contributed by atoms with Crippen LogP contribution in [0.15, 0.2) is 18.3 Å². The highest BCUT2D eigenvalue weighted by atomic mass is 32.2. The molecule has 0 aliphatic rings. The van der Waals surface area contributed by atoms with E-state index in [2.05, 4.69) is 4.98 Å². The molecule has 1 atom stereocenters. The third-order valence-corrected chi connectivity index (χ3v) is 4.21. The minimum absolute atomic E-state index is 0.00398. The largest absolute Gasteiger partial charge is 0.330 e. The summed E-state index contributed by atoms with van der Waals surface area (Å²) in [4.78, 5) is 4.09. The Kier molecular flexibility index (Phi) is 4.44. The number of hydrogen-bond acceptors (Lipinski definition) is 4. The molecule has 2 N–H and O–H groups in total. The topological polar surface area (TPSA) is 73.0 Å². The van der Waals surface area contributed by atoms with Crippen molar-refractivity contribution in [2.24, 2.45) is 11.7 Å². The van der Waals surface area contributed by atoms with E-state index in [0.717, 1.165) is 5.56 Å². The highest BCUT2D eigenvalue weighted by molar-refractivity contribution is 7.90. The summed E-state index contributed by atoms with van der Waals surface area (Å²) in [5.74, 6) is 0.123. The quantitative estimate of drug-likeness (QED) is 0.832. The van der Waals surface area contributed by atoms with Crippen molar-refractivity contribution in [2.45, 2.75) is 19.6 Å². The van der Waals surface area contributed by atoms with Crippen LogP contribution in [-0.4, -0.2) is 25.7 Å². The molecule has 0 aliphatic carbocycles. The van der Waals surface area contributed by atoms with Crippen molar-refractivity contribution in [3.63, 3.8) is 0 Å². The van der Waals surface area contributed by atoms with Crippen LogP contribution in [0.5, 0.6) is 0 Å². The van der Waals surface area contributed by atoms with Gasteiger partial charge in [-0.1, -0.05) is 13.0 Å². The van der Waals surface area contributed by atoms with Crippen molar-refractivity contribution in [1.82, 2.24) is 4.98 Å². The molecule has 0 saturated carbocycles. The maximum absolute atomic E-state index is 11.8. The second kappa shape index (κ2) is 5.41. The van der Waals surface area contributed by atoms with Gasteiger partial charge in [-0.3, -0.25) is 4.98 Å². The summed E-state index contributed by atoms with van der Waals surface area (Å²) < 4.78 is 23.7. The SMILES string of the molecule is Cc1cccnc1CS(=O)(=O)CC(C)CN. The Morgan fingerprint density at radius 1 is 1.50 bits per heavy atom. The van der Waals surface area contributed by atoms with Gasteiger partial charge in [-0.05, 0) is 31.0 Å². The Morgan fingerprint density at radius 2 is 2.19 bits per heavy atom. The van der Waals surface area contributed by atoms with E-state index in [0.29, 0.717) is 12.2 Å². The number of sulfone groups is 1. The molecule has 1 heterocycles. The van der Waals surface area contributed by atoms with E-state index in [1.54, 1.807) is 12.3 Å². The summed E-state index contributed by atoms with van der Waals surface area (Å²) in [6.45, 7) is 4.09. The maximum Gasteiger partial charge on any atom is 0.156 e. The Labute approximate surface area is 96.8 Å². The fourth-order valence-corrected chi connectivity index (χ4v) is 3.28. The van der Waals surface area contributed by atoms with E-state index in [1.807, 2.05) is 19.9 Å². The number of rotatable bonds is 5. The minimum Gasteiger partial charge on any atom is -0.330 e. The zero-order valence-electron chi connectivity index (χ0n) is 9.68. The first-order valence-electron chi connectivity index (χ1n) is 5.25. The van der Waals surface area contributed by atoms with E-state index >= 15 is 0 Å². The molecule has 1 aromatic rings. The molecule has 90 valence electrons. The lowest BCUT2D eigenvalue weighted by Gasteiger charge is -2.10. The third kappa shape index (κ3) is 3.90. The van der Waals surface area contributed by atoms with Gasteiger partial charge in [-0.2, -0.15) is 0 Å². The minimum atomic E-state index is -3.11. The second-order valence-corrected chi connectivity index (χ2v) is 6.27. The van der Waals surface area contributed by atoms with Crippen LogP contribution in [0.4, 0.5) is 0 Å². The van der Waals surface area contributed by atoms with Crippen molar-refractivity contribution in [3.05, 3.63) is 29.6 Å². The van der Waals surface area contributed by atoms with E-state index in [1.165, 1.54) is 0 Å². The third-order valence-electron chi connectivity index (χ3n) is 2.42. The molecule has 0 amide bonds. The van der Waals surface area contributed by atoms with Gasteiger partial charge < -0.3 is 5.73 Å². The van der Waals surface area contributed by atoms with Gasteiger partial charge >= 0.3 is 0 Å². The van der Waals surface area contributed by atoms with Gasteiger partial charge in [0.25, 0.3) is 0 Å². The van der Waals surface area contributed by atoms with Crippen molar-refractivity contribution < 1.29 is 8.42 Å². The van der Waals surface area contributed by atoms with Crippen LogP contribution in [0.1, 0.15) is 18.2 Å². The Hall–Kier alpha value is -0.940. The molecule has 0 fully saturated rings. The molecule has 1 rings (SSSR count). The molecule has 1 unspecified atom stereocenters. The van der Waals surface area contributed by atoms with Crippen LogP contribution in [0.25, 0.3) is 0 Å². The average molecular weight is 242 g/mol. The molecule has 0 aromatic carbocycles. The molecule has 0 spiro atoms. The summed E-state index contributed by atoms with van der Waals surface area (Å²) in [6.07, 6.45) is 1.62. The summed E-state index contributed by atoms with van der Waals surface area (Å²) in [5.41, 5.74) is 6.96. The van der Waals surface area contributed by atoms with E-state index in [9.17, 15) is 8.42 Å². The van der Waals surface area contributed by atoms with Gasteiger partial charge in [-0.25, -0.2) is 8.42 Å². The molecule has 16 heavy (non-hydrogen) atoms. The maximum atomic E-state index is 11.8. The lowest BCUT2D eigenvalue weighted by molar-refractivity contribution is 0.572. The van der Waals surface area contributed by atoms with E-state index in [-0.39, 0.29) is 17.4 Å². The molecule has 0 radical (unpaired) electrons. The molecule has 0 saturated heterocycles. The van der Waals surface area contributed by atoms with Crippen LogP contribution in [0, 0.1) is 12.8 Å². The van der Waals surface area contributed by atoms with Crippen molar-refractivity contribution in [1.29, 1.82) is 0 Å². The number of nitrogens with two attached hydrogens (primary N) is 1. The smallest absolute Gasteiger partial charge is 0.156 e. The fourth-order valence-electron chi connectivity index (χ4n) is 1.44. The monoisotopic (exact) mass is 242 g/mol.